The van der Waals surface area contributed by atoms with Crippen molar-refractivity contribution in [3.8, 4) is 0 Å². The summed E-state index contributed by atoms with van der Waals surface area (Å²) in [6.07, 6.45) is -1.90. The molecule has 0 bridgehead atoms. The summed E-state index contributed by atoms with van der Waals surface area (Å²) < 4.78 is 38.8. The Kier molecular flexibility index (Phi) is 8.01. The normalized spacial score (nSPS) is 14.4. The van der Waals surface area contributed by atoms with Gasteiger partial charge in [0.2, 0.25) is 5.91 Å². The van der Waals surface area contributed by atoms with E-state index in [1.54, 1.807) is 28.0 Å². The van der Waals surface area contributed by atoms with Gasteiger partial charge in [0, 0.05) is 48.4 Å². The zero-order chi connectivity index (χ0) is 25.0. The molecule has 2 aromatic carbocycles. The first-order valence-electron chi connectivity index (χ1n) is 9.79. The minimum Gasteiger partial charge on any atom is -0.362 e. The highest BCUT2D eigenvalue weighted by atomic mass is 35.5. The number of alkyl halides is 3. The lowest BCUT2D eigenvalue weighted by Crippen LogP contribution is -2.52. The van der Waals surface area contributed by atoms with Crippen molar-refractivity contribution in [2.24, 2.45) is 0 Å². The van der Waals surface area contributed by atoms with Gasteiger partial charge in [0.15, 0.2) is 5.11 Å². The molecule has 1 amide bonds. The van der Waals surface area contributed by atoms with E-state index in [2.05, 4.69) is 5.32 Å². The van der Waals surface area contributed by atoms with Gasteiger partial charge >= 0.3 is 6.18 Å². The summed E-state index contributed by atoms with van der Waals surface area (Å²) in [5.74, 6) is -0.475. The number of nitro benzene ring substituents is 1. The summed E-state index contributed by atoms with van der Waals surface area (Å²) >= 11 is 17.2. The van der Waals surface area contributed by atoms with Gasteiger partial charge in [-0.1, -0.05) is 29.3 Å². The van der Waals surface area contributed by atoms with Crippen molar-refractivity contribution in [3.63, 3.8) is 0 Å². The SMILES string of the molecule is O=C(C=Cc1ccc(Cl)cc1Cl)NC(=S)N1CCN(c2ccc(C(F)(F)F)cc2[N+](=O)[O-])CC1. The van der Waals surface area contributed by atoms with E-state index in [4.69, 9.17) is 35.4 Å². The Labute approximate surface area is 207 Å². The largest absolute Gasteiger partial charge is 0.416 e. The second-order valence-electron chi connectivity index (χ2n) is 7.23. The van der Waals surface area contributed by atoms with Crippen LogP contribution >= 0.6 is 35.4 Å². The van der Waals surface area contributed by atoms with E-state index < -0.39 is 28.3 Å². The molecule has 34 heavy (non-hydrogen) atoms. The molecule has 0 unspecified atom stereocenters. The molecule has 0 atom stereocenters. The Hall–Kier alpha value is -2.89. The first-order valence-corrected chi connectivity index (χ1v) is 11.0. The summed E-state index contributed by atoms with van der Waals surface area (Å²) in [4.78, 5) is 26.0. The van der Waals surface area contributed by atoms with E-state index in [1.165, 1.54) is 12.2 Å². The number of nitro groups is 1. The fourth-order valence-corrected chi connectivity index (χ4v) is 4.05. The van der Waals surface area contributed by atoms with Crippen LogP contribution < -0.4 is 10.2 Å². The van der Waals surface area contributed by atoms with Crippen molar-refractivity contribution in [1.29, 1.82) is 0 Å². The number of benzene rings is 2. The number of piperazine rings is 1. The Morgan fingerprint density at radius 3 is 2.38 bits per heavy atom. The molecule has 0 aromatic heterocycles. The molecular weight excluding hydrogens is 516 g/mol. The Bertz CT molecular complexity index is 1150. The van der Waals surface area contributed by atoms with Gasteiger partial charge in [0.05, 0.1) is 10.5 Å². The lowest BCUT2D eigenvalue weighted by Gasteiger charge is -2.36. The van der Waals surface area contributed by atoms with Crippen LogP contribution in [0, 0.1) is 10.1 Å². The van der Waals surface area contributed by atoms with E-state index in [0.717, 1.165) is 12.1 Å². The molecule has 1 aliphatic heterocycles. The number of carbonyl (C=O) groups is 1. The van der Waals surface area contributed by atoms with Crippen LogP contribution in [0.25, 0.3) is 6.08 Å². The van der Waals surface area contributed by atoms with Crippen molar-refractivity contribution in [2.75, 3.05) is 31.1 Å². The molecule has 1 aliphatic rings. The topological polar surface area (TPSA) is 78.7 Å². The quantitative estimate of drug-likeness (QED) is 0.253. The maximum Gasteiger partial charge on any atom is 0.416 e. The molecule has 1 heterocycles. The van der Waals surface area contributed by atoms with Gasteiger partial charge in [0.25, 0.3) is 5.69 Å². The predicted octanol–water partition coefficient (Wildman–Crippen LogP) is 5.16. The maximum absolute atomic E-state index is 12.9. The van der Waals surface area contributed by atoms with E-state index in [-0.39, 0.29) is 23.9 Å². The average Bonchev–Trinajstić information content (AvgIpc) is 2.77. The van der Waals surface area contributed by atoms with Crippen LogP contribution in [0.5, 0.6) is 0 Å². The molecular formula is C21H17Cl2F3N4O3S. The molecule has 0 saturated carbocycles. The lowest BCUT2D eigenvalue weighted by atomic mass is 10.1. The smallest absolute Gasteiger partial charge is 0.362 e. The predicted molar refractivity (Wildman–Crippen MR) is 128 cm³/mol. The highest BCUT2D eigenvalue weighted by Gasteiger charge is 2.34. The molecule has 1 fully saturated rings. The van der Waals surface area contributed by atoms with Gasteiger partial charge in [-0.25, -0.2) is 0 Å². The van der Waals surface area contributed by atoms with E-state index >= 15 is 0 Å². The second-order valence-corrected chi connectivity index (χ2v) is 8.46. The summed E-state index contributed by atoms with van der Waals surface area (Å²) in [6.45, 7) is 1.14. The highest BCUT2D eigenvalue weighted by Crippen LogP contribution is 2.36. The van der Waals surface area contributed by atoms with Crippen LogP contribution in [0.3, 0.4) is 0 Å². The third kappa shape index (κ3) is 6.37. The summed E-state index contributed by atoms with van der Waals surface area (Å²) in [6, 6.07) is 7.29. The Balaban J connectivity index is 1.60. The first-order chi connectivity index (χ1) is 16.0. The van der Waals surface area contributed by atoms with Crippen LogP contribution in [0.4, 0.5) is 24.5 Å². The monoisotopic (exact) mass is 532 g/mol. The molecule has 0 radical (unpaired) electrons. The number of amides is 1. The van der Waals surface area contributed by atoms with Crippen LogP contribution in [0.1, 0.15) is 11.1 Å². The van der Waals surface area contributed by atoms with Crippen LogP contribution in [-0.4, -0.2) is 47.0 Å². The van der Waals surface area contributed by atoms with Crippen LogP contribution in [0.15, 0.2) is 42.5 Å². The third-order valence-electron chi connectivity index (χ3n) is 5.01. The number of halogens is 5. The van der Waals surface area contributed by atoms with Crippen LogP contribution in [0.2, 0.25) is 10.0 Å². The standard InChI is InChI=1S/C21H17Cl2F3N4O3S/c22-15-4-1-13(16(23)12-15)2-6-19(31)27-20(34)29-9-7-28(8-10-29)17-5-3-14(21(24,25)26)11-18(17)30(32)33/h1-6,11-12H,7-10H2,(H,27,31,34). The molecule has 2 aromatic rings. The van der Waals surface area contributed by atoms with Crippen molar-refractivity contribution in [1.82, 2.24) is 10.2 Å². The van der Waals surface area contributed by atoms with Crippen molar-refractivity contribution >= 4 is 63.9 Å². The summed E-state index contributed by atoms with van der Waals surface area (Å²) in [7, 11) is 0. The number of thiocarbonyl (C=S) groups is 1. The molecule has 180 valence electrons. The average molecular weight is 533 g/mol. The van der Waals surface area contributed by atoms with Gasteiger partial charge in [-0.15, -0.1) is 0 Å². The van der Waals surface area contributed by atoms with Crippen molar-refractivity contribution in [2.45, 2.75) is 6.18 Å². The second kappa shape index (κ2) is 10.6. The Morgan fingerprint density at radius 2 is 1.79 bits per heavy atom. The van der Waals surface area contributed by atoms with Crippen LogP contribution in [-0.2, 0) is 11.0 Å². The molecule has 1 N–H and O–H groups in total. The number of hydrogen-bond acceptors (Lipinski definition) is 5. The van der Waals surface area contributed by atoms with E-state index in [1.807, 2.05) is 0 Å². The molecule has 1 saturated heterocycles. The molecule has 3 rings (SSSR count). The fraction of sp³-hybridized carbons (Fsp3) is 0.238. The number of carbonyl (C=O) groups excluding carboxylic acids is 1. The number of nitrogens with one attached hydrogen (secondary N) is 1. The van der Waals surface area contributed by atoms with Crippen molar-refractivity contribution < 1.29 is 22.9 Å². The zero-order valence-corrected chi connectivity index (χ0v) is 19.6. The fourth-order valence-electron chi connectivity index (χ4n) is 3.29. The number of anilines is 1. The van der Waals surface area contributed by atoms with Gasteiger partial charge in [-0.2, -0.15) is 13.2 Å². The molecule has 13 heteroatoms. The zero-order valence-electron chi connectivity index (χ0n) is 17.3. The molecule has 0 aliphatic carbocycles. The minimum absolute atomic E-state index is 0.0929. The molecule has 7 nitrogen and oxygen atoms in total. The van der Waals surface area contributed by atoms with Gasteiger partial charge in [0.1, 0.15) is 5.69 Å². The van der Waals surface area contributed by atoms with E-state index in [0.29, 0.717) is 34.8 Å². The summed E-state index contributed by atoms with van der Waals surface area (Å²) in [5, 5.41) is 14.9. The van der Waals surface area contributed by atoms with Gasteiger partial charge in [-0.05, 0) is 48.1 Å². The first kappa shape index (κ1) is 25.7. The lowest BCUT2D eigenvalue weighted by molar-refractivity contribution is -0.384. The van der Waals surface area contributed by atoms with E-state index in [9.17, 15) is 28.1 Å². The minimum atomic E-state index is -4.68. The maximum atomic E-state index is 12.9. The van der Waals surface area contributed by atoms with Crippen molar-refractivity contribution in [3.05, 3.63) is 73.8 Å². The third-order valence-corrected chi connectivity index (χ3v) is 5.94. The summed E-state index contributed by atoms with van der Waals surface area (Å²) in [5.41, 5.74) is -1.02. The number of nitrogens with zero attached hydrogens (tertiary/aromatic N) is 3. The highest BCUT2D eigenvalue weighted by molar-refractivity contribution is 7.80. The Morgan fingerprint density at radius 1 is 1.12 bits per heavy atom. The number of hydrogen-bond donors (Lipinski definition) is 1. The number of rotatable bonds is 4. The van der Waals surface area contributed by atoms with Gasteiger partial charge < -0.3 is 9.80 Å². The molecule has 0 spiro atoms. The van der Waals surface area contributed by atoms with Gasteiger partial charge in [-0.3, -0.25) is 20.2 Å².